The smallest absolute Gasteiger partial charge is 0.235 e. The lowest BCUT2D eigenvalue weighted by Gasteiger charge is -2.57. The van der Waals surface area contributed by atoms with Crippen LogP contribution in [0.15, 0.2) is 12.1 Å². The molecule has 0 aromatic heterocycles. The first-order chi connectivity index (χ1) is 19.8. The molecule has 1 aromatic carbocycles. The van der Waals surface area contributed by atoms with E-state index in [9.17, 15) is 34.2 Å². The summed E-state index contributed by atoms with van der Waals surface area (Å²) in [5.41, 5.74) is 3.65. The van der Waals surface area contributed by atoms with Crippen LogP contribution in [0, 0.1) is 29.6 Å². The maximum absolute atomic E-state index is 14.2. The zero-order chi connectivity index (χ0) is 30.8. The van der Waals surface area contributed by atoms with E-state index < -0.39 is 76.2 Å². The van der Waals surface area contributed by atoms with Gasteiger partial charge in [0.25, 0.3) is 0 Å². The summed E-state index contributed by atoms with van der Waals surface area (Å²) in [5.74, 6) is -11.5. The van der Waals surface area contributed by atoms with Crippen LogP contribution in [0.5, 0.6) is 5.75 Å². The standard InChI is InChI=1S/C31H42N4O7/c1-6-11-35-12-9-16(10-13-35)33-18-8-7-17-14(2)19-15(3)23-24(34(4)5)27(38)22(30(32)41)29(40)31(23,42)28(39)21(19)26(37)20(17)25(18)36/h7-8,14-16,19,21-24,33,36,42H,6,9-13H2,1-5H3,(H2,32,41)/t14-,15-,19-,21?,22?,23-,24-,31-/m0/s1. The first-order valence-corrected chi connectivity index (χ1v) is 15.0. The maximum atomic E-state index is 14.2. The Labute approximate surface area is 245 Å². The molecule has 3 fully saturated rings. The number of amides is 1. The van der Waals surface area contributed by atoms with E-state index in [1.165, 1.54) is 4.90 Å². The molecule has 4 aliphatic rings. The van der Waals surface area contributed by atoms with Crippen molar-refractivity contribution in [3.8, 4) is 5.75 Å². The Morgan fingerprint density at radius 2 is 1.76 bits per heavy atom. The molecule has 3 aliphatic carbocycles. The van der Waals surface area contributed by atoms with E-state index in [4.69, 9.17) is 5.73 Å². The highest BCUT2D eigenvalue weighted by Crippen LogP contribution is 2.57. The molecule has 1 heterocycles. The van der Waals surface area contributed by atoms with Crippen LogP contribution in [0.25, 0.3) is 0 Å². The molecular weight excluding hydrogens is 540 g/mol. The van der Waals surface area contributed by atoms with Crippen LogP contribution in [-0.4, -0.2) is 100 Å². The molecule has 0 bridgehead atoms. The number of primary amides is 1. The SMILES string of the molecule is CCCN1CCC(Nc2ccc3c(c2O)C(=O)C2C(=O)[C@]4(O)C(=O)C(C(N)=O)C(=O)[C@@H](N(C)C)[C@@H]4[C@@H](C)[C@@H]2[C@H]3C)CC1. The average molecular weight is 583 g/mol. The molecule has 2 unspecified atom stereocenters. The van der Waals surface area contributed by atoms with Crippen LogP contribution in [-0.2, 0) is 19.2 Å². The summed E-state index contributed by atoms with van der Waals surface area (Å²) in [7, 11) is 3.15. The van der Waals surface area contributed by atoms with E-state index in [0.29, 0.717) is 11.3 Å². The number of phenolic OH excluding ortho intramolecular Hbond substituents is 1. The normalized spacial score (nSPS) is 35.5. The lowest BCUT2D eigenvalue weighted by atomic mass is 9.47. The Hall–Kier alpha value is -3.15. The monoisotopic (exact) mass is 582 g/mol. The van der Waals surface area contributed by atoms with Gasteiger partial charge in [-0.05, 0) is 69.3 Å². The molecule has 0 spiro atoms. The van der Waals surface area contributed by atoms with Gasteiger partial charge in [0.1, 0.15) is 5.75 Å². The number of anilines is 1. The second-order valence-corrected chi connectivity index (χ2v) is 12.9. The number of benzene rings is 1. The fourth-order valence-electron chi connectivity index (χ4n) is 8.44. The fourth-order valence-corrected chi connectivity index (χ4v) is 8.44. The van der Waals surface area contributed by atoms with Crippen LogP contribution in [0.4, 0.5) is 5.69 Å². The van der Waals surface area contributed by atoms with Gasteiger partial charge in [0.2, 0.25) is 5.91 Å². The summed E-state index contributed by atoms with van der Waals surface area (Å²) in [5, 5.41) is 26.7. The predicted octanol–water partition coefficient (Wildman–Crippen LogP) is 0.960. The Balaban J connectivity index is 1.54. The third kappa shape index (κ3) is 4.31. The summed E-state index contributed by atoms with van der Waals surface area (Å²) in [4.78, 5) is 71.4. The minimum absolute atomic E-state index is 0.00899. The van der Waals surface area contributed by atoms with Crippen molar-refractivity contribution in [1.82, 2.24) is 9.80 Å². The number of aliphatic hydroxyl groups is 1. The molecule has 5 N–H and O–H groups in total. The topological polar surface area (TPSA) is 170 Å². The number of phenols is 1. The van der Waals surface area contributed by atoms with E-state index in [1.807, 2.05) is 6.92 Å². The van der Waals surface area contributed by atoms with Gasteiger partial charge in [0.05, 0.1) is 23.2 Å². The molecule has 1 aromatic rings. The highest BCUT2D eigenvalue weighted by Gasteiger charge is 2.72. The van der Waals surface area contributed by atoms with Gasteiger partial charge in [-0.15, -0.1) is 0 Å². The van der Waals surface area contributed by atoms with E-state index in [-0.39, 0.29) is 17.4 Å². The largest absolute Gasteiger partial charge is 0.505 e. The van der Waals surface area contributed by atoms with E-state index in [2.05, 4.69) is 17.1 Å². The molecule has 5 rings (SSSR count). The number of nitrogens with one attached hydrogen (secondary N) is 1. The third-order valence-corrected chi connectivity index (χ3v) is 10.4. The van der Waals surface area contributed by atoms with E-state index in [0.717, 1.165) is 38.9 Å². The second-order valence-electron chi connectivity index (χ2n) is 12.9. The fraction of sp³-hybridized carbons (Fsp3) is 0.645. The van der Waals surface area contributed by atoms with Crippen molar-refractivity contribution in [2.24, 2.45) is 35.3 Å². The zero-order valence-electron chi connectivity index (χ0n) is 24.9. The van der Waals surface area contributed by atoms with Gasteiger partial charge in [-0.3, -0.25) is 28.9 Å². The molecule has 8 atom stereocenters. The van der Waals surface area contributed by atoms with Crippen molar-refractivity contribution in [3.05, 3.63) is 23.3 Å². The number of hydrogen-bond acceptors (Lipinski definition) is 10. The number of carbonyl (C=O) groups is 5. The number of rotatable bonds is 6. The van der Waals surface area contributed by atoms with Crippen molar-refractivity contribution in [2.45, 2.75) is 63.6 Å². The number of piperidine rings is 1. The number of aromatic hydroxyl groups is 1. The molecule has 1 saturated heterocycles. The Morgan fingerprint density at radius 3 is 2.33 bits per heavy atom. The van der Waals surface area contributed by atoms with Crippen LogP contribution in [0.1, 0.15) is 61.9 Å². The molecule has 11 heteroatoms. The van der Waals surface area contributed by atoms with Crippen LogP contribution in [0.3, 0.4) is 0 Å². The number of nitrogens with two attached hydrogens (primary N) is 1. The van der Waals surface area contributed by atoms with Gasteiger partial charge in [0.15, 0.2) is 34.7 Å². The van der Waals surface area contributed by atoms with Gasteiger partial charge in [-0.25, -0.2) is 0 Å². The summed E-state index contributed by atoms with van der Waals surface area (Å²) in [6.45, 7) is 8.64. The summed E-state index contributed by atoms with van der Waals surface area (Å²) in [6.07, 6.45) is 2.84. The van der Waals surface area contributed by atoms with Crippen molar-refractivity contribution < 1.29 is 34.2 Å². The predicted molar refractivity (Wildman–Crippen MR) is 154 cm³/mol. The number of Topliss-reactive ketones (excluding diaryl/α,β-unsaturated/α-hetero) is 4. The van der Waals surface area contributed by atoms with Gasteiger partial charge >= 0.3 is 0 Å². The lowest BCUT2D eigenvalue weighted by Crippen LogP contribution is -2.76. The van der Waals surface area contributed by atoms with Crippen molar-refractivity contribution in [1.29, 1.82) is 0 Å². The van der Waals surface area contributed by atoms with Gasteiger partial charge < -0.3 is 26.2 Å². The highest BCUT2D eigenvalue weighted by molar-refractivity contribution is 6.32. The summed E-state index contributed by atoms with van der Waals surface area (Å²) >= 11 is 0. The number of fused-ring (bicyclic) bond motifs is 3. The first kappa shape index (κ1) is 30.3. The zero-order valence-corrected chi connectivity index (χ0v) is 24.9. The third-order valence-electron chi connectivity index (χ3n) is 10.4. The Kier molecular flexibility index (Phi) is 7.83. The number of likely N-dealkylation sites (N-methyl/N-ethyl adjacent to an activating group) is 1. The molecule has 42 heavy (non-hydrogen) atoms. The van der Waals surface area contributed by atoms with Crippen molar-refractivity contribution >= 4 is 34.7 Å². The highest BCUT2D eigenvalue weighted by atomic mass is 16.3. The number of nitrogens with zero attached hydrogens (tertiary/aromatic N) is 2. The van der Waals surface area contributed by atoms with Gasteiger partial charge in [-0.2, -0.15) is 0 Å². The average Bonchev–Trinajstić information content (AvgIpc) is 2.92. The first-order valence-electron chi connectivity index (χ1n) is 15.0. The van der Waals surface area contributed by atoms with Crippen molar-refractivity contribution in [3.63, 3.8) is 0 Å². The lowest BCUT2D eigenvalue weighted by molar-refractivity contribution is -0.188. The van der Waals surface area contributed by atoms with Gasteiger partial charge in [-0.1, -0.05) is 26.8 Å². The molecular formula is C31H42N4O7. The van der Waals surface area contributed by atoms with Gasteiger partial charge in [0, 0.05) is 25.0 Å². The molecule has 228 valence electrons. The number of likely N-dealkylation sites (tertiary alicyclic amines) is 1. The van der Waals surface area contributed by atoms with Crippen LogP contribution in [0.2, 0.25) is 0 Å². The summed E-state index contributed by atoms with van der Waals surface area (Å²) in [6, 6.07) is 2.52. The number of carbonyl (C=O) groups excluding carboxylic acids is 5. The van der Waals surface area contributed by atoms with E-state index >= 15 is 0 Å². The molecule has 2 saturated carbocycles. The number of hydrogen-bond donors (Lipinski definition) is 4. The maximum Gasteiger partial charge on any atom is 0.235 e. The summed E-state index contributed by atoms with van der Waals surface area (Å²) < 4.78 is 0. The molecule has 1 aliphatic heterocycles. The van der Waals surface area contributed by atoms with Crippen LogP contribution < -0.4 is 11.1 Å². The number of ketones is 4. The minimum Gasteiger partial charge on any atom is -0.505 e. The van der Waals surface area contributed by atoms with E-state index in [1.54, 1.807) is 33.2 Å². The molecule has 1 amide bonds. The molecule has 11 nitrogen and oxygen atoms in total. The quantitative estimate of drug-likeness (QED) is 0.280. The molecule has 0 radical (unpaired) electrons. The Morgan fingerprint density at radius 1 is 1.12 bits per heavy atom. The second kappa shape index (κ2) is 10.8. The van der Waals surface area contributed by atoms with Crippen molar-refractivity contribution in [2.75, 3.05) is 39.0 Å². The van der Waals surface area contributed by atoms with Crippen LogP contribution >= 0.6 is 0 Å². The minimum atomic E-state index is -2.76. The Bertz CT molecular complexity index is 1340.